The van der Waals surface area contributed by atoms with E-state index in [0.717, 1.165) is 6.42 Å². The van der Waals surface area contributed by atoms with E-state index in [-0.39, 0.29) is 6.61 Å². The van der Waals surface area contributed by atoms with Crippen LogP contribution in [0.4, 0.5) is 0 Å². The Morgan fingerprint density at radius 2 is 1.33 bits per heavy atom. The van der Waals surface area contributed by atoms with Crippen molar-refractivity contribution in [1.82, 2.24) is 0 Å². The van der Waals surface area contributed by atoms with Crippen LogP contribution in [0.2, 0.25) is 0 Å². The lowest BCUT2D eigenvalue weighted by Crippen LogP contribution is -2.06. The molecule has 21 heavy (non-hydrogen) atoms. The van der Waals surface area contributed by atoms with Gasteiger partial charge in [-0.05, 0) is 18.8 Å². The van der Waals surface area contributed by atoms with Crippen LogP contribution >= 0.6 is 0 Å². The van der Waals surface area contributed by atoms with E-state index in [1.54, 1.807) is 0 Å². The highest BCUT2D eigenvalue weighted by atomic mass is 32.3. The Kier molecular flexibility index (Phi) is 13.4. The van der Waals surface area contributed by atoms with Crippen molar-refractivity contribution in [3.8, 4) is 0 Å². The van der Waals surface area contributed by atoms with Crippen molar-refractivity contribution in [2.24, 2.45) is 5.92 Å². The fourth-order valence-electron chi connectivity index (χ4n) is 2.54. The molecule has 0 fully saturated rings. The second kappa shape index (κ2) is 13.5. The molecule has 0 spiro atoms. The summed E-state index contributed by atoms with van der Waals surface area (Å²) in [6.45, 7) is 4.44. The Morgan fingerprint density at radius 3 is 1.86 bits per heavy atom. The Labute approximate surface area is 131 Å². The van der Waals surface area contributed by atoms with Crippen LogP contribution in [0.5, 0.6) is 0 Å². The zero-order valence-corrected chi connectivity index (χ0v) is 14.6. The van der Waals surface area contributed by atoms with Gasteiger partial charge in [0.25, 0.3) is 0 Å². The largest absolute Gasteiger partial charge is 0.726 e. The molecule has 0 aliphatic rings. The van der Waals surface area contributed by atoms with Gasteiger partial charge in [-0.25, -0.2) is 8.42 Å². The van der Waals surface area contributed by atoms with E-state index >= 15 is 0 Å². The Hall–Kier alpha value is -0.130. The second-order valence-corrected chi connectivity index (χ2v) is 7.15. The molecule has 0 saturated heterocycles. The molecular weight excluding hydrogens is 288 g/mol. The van der Waals surface area contributed by atoms with Gasteiger partial charge in [0, 0.05) is 0 Å². The zero-order chi connectivity index (χ0) is 16.0. The molecule has 0 bridgehead atoms. The lowest BCUT2D eigenvalue weighted by Gasteiger charge is -2.12. The standard InChI is InChI=1S/C16H34O4S/c1-3-4-5-6-7-8-9-10-11-13-16(2)14-12-15-20-21(17,18)19/h16H,3-15H2,1-2H3,(H,17,18,19)/p-1. The second-order valence-electron chi connectivity index (χ2n) is 6.09. The minimum absolute atomic E-state index is 0.0218. The number of hydrogen-bond acceptors (Lipinski definition) is 4. The Bertz CT molecular complexity index is 314. The minimum Gasteiger partial charge on any atom is -0.726 e. The maximum atomic E-state index is 10.3. The first kappa shape index (κ1) is 20.9. The Balaban J connectivity index is 3.24. The molecule has 0 N–H and O–H groups in total. The van der Waals surface area contributed by atoms with Gasteiger partial charge in [0.05, 0.1) is 6.61 Å². The van der Waals surface area contributed by atoms with Gasteiger partial charge >= 0.3 is 0 Å². The smallest absolute Gasteiger partial charge is 0.217 e. The van der Waals surface area contributed by atoms with Gasteiger partial charge in [0.2, 0.25) is 10.4 Å². The topological polar surface area (TPSA) is 66.4 Å². The SMILES string of the molecule is CCCCCCCCCCCC(C)CCCOS(=O)(=O)[O-]. The van der Waals surface area contributed by atoms with Gasteiger partial charge in [-0.1, -0.05) is 78.1 Å². The van der Waals surface area contributed by atoms with E-state index in [2.05, 4.69) is 18.0 Å². The molecular formula is C16H33O4S-. The van der Waals surface area contributed by atoms with Gasteiger partial charge in [0.15, 0.2) is 0 Å². The van der Waals surface area contributed by atoms with E-state index in [4.69, 9.17) is 0 Å². The third kappa shape index (κ3) is 17.8. The summed E-state index contributed by atoms with van der Waals surface area (Å²) in [7, 11) is -4.51. The summed E-state index contributed by atoms with van der Waals surface area (Å²) in [5.41, 5.74) is 0. The summed E-state index contributed by atoms with van der Waals surface area (Å²) in [6.07, 6.45) is 14.8. The summed E-state index contributed by atoms with van der Waals surface area (Å²) in [5, 5.41) is 0. The minimum atomic E-state index is -4.51. The lowest BCUT2D eigenvalue weighted by atomic mass is 9.97. The normalized spacial score (nSPS) is 13.5. The lowest BCUT2D eigenvalue weighted by molar-refractivity contribution is 0.248. The molecule has 0 aromatic heterocycles. The average molecular weight is 322 g/mol. The highest BCUT2D eigenvalue weighted by Gasteiger charge is 2.03. The number of unbranched alkanes of at least 4 members (excludes halogenated alkanes) is 8. The molecule has 1 unspecified atom stereocenters. The van der Waals surface area contributed by atoms with E-state index in [1.807, 2.05) is 0 Å². The molecule has 0 radical (unpaired) electrons. The summed E-state index contributed by atoms with van der Waals surface area (Å²) < 4.78 is 35.0. The summed E-state index contributed by atoms with van der Waals surface area (Å²) >= 11 is 0. The predicted molar refractivity (Wildman–Crippen MR) is 85.9 cm³/mol. The van der Waals surface area contributed by atoms with Gasteiger partial charge < -0.3 is 4.55 Å². The third-order valence-electron chi connectivity index (χ3n) is 3.87. The van der Waals surface area contributed by atoms with Gasteiger partial charge in [-0.15, -0.1) is 0 Å². The van der Waals surface area contributed by atoms with Crippen LogP contribution in [0.25, 0.3) is 0 Å². The van der Waals surface area contributed by atoms with Gasteiger partial charge in [-0.2, -0.15) is 0 Å². The highest BCUT2D eigenvalue weighted by Crippen LogP contribution is 2.16. The monoisotopic (exact) mass is 321 g/mol. The highest BCUT2D eigenvalue weighted by molar-refractivity contribution is 7.80. The molecule has 0 aromatic carbocycles. The molecule has 4 nitrogen and oxygen atoms in total. The van der Waals surface area contributed by atoms with Gasteiger partial charge in [0.1, 0.15) is 0 Å². The van der Waals surface area contributed by atoms with Crippen molar-refractivity contribution in [1.29, 1.82) is 0 Å². The van der Waals surface area contributed by atoms with Crippen LogP contribution < -0.4 is 0 Å². The van der Waals surface area contributed by atoms with Crippen LogP contribution in [-0.2, 0) is 14.6 Å². The van der Waals surface area contributed by atoms with E-state index in [1.165, 1.54) is 64.2 Å². The van der Waals surface area contributed by atoms with Crippen LogP contribution in [0.15, 0.2) is 0 Å². The molecule has 0 aromatic rings. The summed E-state index contributed by atoms with van der Waals surface area (Å²) in [6, 6.07) is 0. The maximum Gasteiger partial charge on any atom is 0.217 e. The molecule has 0 aliphatic heterocycles. The van der Waals surface area contributed by atoms with Crippen molar-refractivity contribution in [2.75, 3.05) is 6.61 Å². The van der Waals surface area contributed by atoms with Crippen molar-refractivity contribution < 1.29 is 17.2 Å². The summed E-state index contributed by atoms with van der Waals surface area (Å²) in [5.74, 6) is 0.576. The van der Waals surface area contributed by atoms with Crippen molar-refractivity contribution >= 4 is 10.4 Å². The zero-order valence-electron chi connectivity index (χ0n) is 13.8. The van der Waals surface area contributed by atoms with Gasteiger partial charge in [-0.3, -0.25) is 4.18 Å². The van der Waals surface area contributed by atoms with E-state index in [0.29, 0.717) is 12.3 Å². The third-order valence-corrected chi connectivity index (χ3v) is 4.32. The van der Waals surface area contributed by atoms with Crippen LogP contribution in [-0.4, -0.2) is 19.6 Å². The molecule has 0 saturated carbocycles. The quantitative estimate of drug-likeness (QED) is 0.247. The fraction of sp³-hybridized carbons (Fsp3) is 1.00. The maximum absolute atomic E-state index is 10.3. The molecule has 1 atom stereocenters. The molecule has 0 aliphatic carbocycles. The van der Waals surface area contributed by atoms with E-state index in [9.17, 15) is 13.0 Å². The van der Waals surface area contributed by atoms with Crippen molar-refractivity contribution in [3.05, 3.63) is 0 Å². The first-order valence-electron chi connectivity index (χ1n) is 8.56. The van der Waals surface area contributed by atoms with Crippen LogP contribution in [0.1, 0.15) is 90.9 Å². The molecule has 0 rings (SSSR count). The van der Waals surface area contributed by atoms with E-state index < -0.39 is 10.4 Å². The fourth-order valence-corrected chi connectivity index (χ4v) is 2.86. The predicted octanol–water partition coefficient (Wildman–Crippen LogP) is 4.80. The first-order valence-corrected chi connectivity index (χ1v) is 9.89. The Morgan fingerprint density at radius 1 is 0.857 bits per heavy atom. The average Bonchev–Trinajstić information content (AvgIpc) is 2.41. The number of rotatable bonds is 15. The summed E-state index contributed by atoms with van der Waals surface area (Å²) in [4.78, 5) is 0. The number of hydrogen-bond donors (Lipinski definition) is 0. The van der Waals surface area contributed by atoms with Crippen molar-refractivity contribution in [3.63, 3.8) is 0 Å². The van der Waals surface area contributed by atoms with Crippen LogP contribution in [0.3, 0.4) is 0 Å². The van der Waals surface area contributed by atoms with Crippen molar-refractivity contribution in [2.45, 2.75) is 90.9 Å². The molecule has 0 heterocycles. The molecule has 128 valence electrons. The van der Waals surface area contributed by atoms with Crippen LogP contribution in [0, 0.1) is 5.92 Å². The molecule has 5 heteroatoms. The first-order chi connectivity index (χ1) is 9.95. The molecule has 0 amide bonds.